The molecule has 1 amide bonds. The van der Waals surface area contributed by atoms with Gasteiger partial charge in [-0.25, -0.2) is 0 Å². The molecule has 0 saturated heterocycles. The SMILES string of the molecule is CCCCC/C=C\C/C=C\CCCCCCCC(=O)OCCCCCCCCCCCCCC(=O)NC(CO)C(O)/C=C/CCCCCCCCCCCCCCCCC. The molecule has 0 rings (SSSR count). The van der Waals surface area contributed by atoms with Gasteiger partial charge in [0.25, 0.3) is 0 Å². The molecule has 2 atom stereocenters. The van der Waals surface area contributed by atoms with Crippen molar-refractivity contribution in [2.45, 2.75) is 283 Å². The summed E-state index contributed by atoms with van der Waals surface area (Å²) in [5.74, 6) is -0.117. The van der Waals surface area contributed by atoms with Gasteiger partial charge in [-0.1, -0.05) is 230 Å². The van der Waals surface area contributed by atoms with E-state index in [2.05, 4.69) is 43.5 Å². The molecular weight excluding hydrogens is 743 g/mol. The summed E-state index contributed by atoms with van der Waals surface area (Å²) in [5.41, 5.74) is 0. The molecule has 3 N–H and O–H groups in total. The molecular formula is C54H101NO5. The number of carbonyl (C=O) groups is 2. The number of unbranched alkanes of at least 4 members (excludes halogenated alkanes) is 33. The number of amides is 1. The zero-order chi connectivity index (χ0) is 43.7. The Morgan fingerprint density at radius 3 is 1.30 bits per heavy atom. The second-order valence-electron chi connectivity index (χ2n) is 17.9. The van der Waals surface area contributed by atoms with Crippen molar-refractivity contribution in [3.05, 3.63) is 36.5 Å². The maximum Gasteiger partial charge on any atom is 0.305 e. The first-order valence-corrected chi connectivity index (χ1v) is 26.3. The van der Waals surface area contributed by atoms with Crippen LogP contribution in [0.4, 0.5) is 0 Å². The molecule has 0 aliphatic rings. The number of hydrogen-bond donors (Lipinski definition) is 3. The summed E-state index contributed by atoms with van der Waals surface area (Å²) in [4.78, 5) is 24.5. The summed E-state index contributed by atoms with van der Waals surface area (Å²) in [6, 6.07) is -0.643. The van der Waals surface area contributed by atoms with E-state index >= 15 is 0 Å². The van der Waals surface area contributed by atoms with Gasteiger partial charge in [-0.15, -0.1) is 0 Å². The van der Waals surface area contributed by atoms with Crippen molar-refractivity contribution < 1.29 is 24.5 Å². The molecule has 0 fully saturated rings. The van der Waals surface area contributed by atoms with Gasteiger partial charge in [-0.05, 0) is 64.2 Å². The summed E-state index contributed by atoms with van der Waals surface area (Å²) in [6.45, 7) is 4.83. The van der Waals surface area contributed by atoms with Gasteiger partial charge >= 0.3 is 5.97 Å². The molecule has 0 aromatic rings. The highest BCUT2D eigenvalue weighted by Gasteiger charge is 2.18. The van der Waals surface area contributed by atoms with Crippen LogP contribution in [0.3, 0.4) is 0 Å². The molecule has 0 aromatic heterocycles. The second-order valence-corrected chi connectivity index (χ2v) is 17.9. The number of hydrogen-bond acceptors (Lipinski definition) is 5. The quantitative estimate of drug-likeness (QED) is 0.0322. The standard InChI is InChI=1S/C54H101NO5/c1-3-5-7-9-11-13-15-17-19-20-22-23-26-30-34-38-42-46-52(57)51(50-56)55-53(58)47-43-39-35-31-27-25-29-33-37-41-45-49-60-54(59)48-44-40-36-32-28-24-21-18-16-14-12-10-8-6-4-2/h12,14,18,21,42,46,51-52,56-57H,3-11,13,15-17,19-20,22-41,43-45,47-50H2,1-2H3,(H,55,58)/b14-12-,21-18-,46-42+. The van der Waals surface area contributed by atoms with E-state index in [0.29, 0.717) is 19.4 Å². The lowest BCUT2D eigenvalue weighted by Gasteiger charge is -2.20. The smallest absolute Gasteiger partial charge is 0.305 e. The summed E-state index contributed by atoms with van der Waals surface area (Å²) in [7, 11) is 0. The Morgan fingerprint density at radius 2 is 0.833 bits per heavy atom. The van der Waals surface area contributed by atoms with Gasteiger partial charge in [0.2, 0.25) is 5.91 Å². The minimum atomic E-state index is -0.858. The fraction of sp³-hybridized carbons (Fsp3) is 0.852. The Bertz CT molecular complexity index is 977. The number of aliphatic hydroxyl groups is 2. The minimum Gasteiger partial charge on any atom is -0.466 e. The molecule has 0 aliphatic heterocycles. The van der Waals surface area contributed by atoms with Gasteiger partial charge in [0.15, 0.2) is 0 Å². The first kappa shape index (κ1) is 58.1. The lowest BCUT2D eigenvalue weighted by molar-refractivity contribution is -0.143. The predicted molar refractivity (Wildman–Crippen MR) is 259 cm³/mol. The van der Waals surface area contributed by atoms with Crippen molar-refractivity contribution in [1.29, 1.82) is 0 Å². The van der Waals surface area contributed by atoms with Crippen LogP contribution in [0.1, 0.15) is 271 Å². The molecule has 0 saturated carbocycles. The van der Waals surface area contributed by atoms with Crippen LogP contribution < -0.4 is 5.32 Å². The van der Waals surface area contributed by atoms with Gasteiger partial charge in [0.05, 0.1) is 25.4 Å². The molecule has 60 heavy (non-hydrogen) atoms. The highest BCUT2D eigenvalue weighted by Crippen LogP contribution is 2.16. The first-order valence-electron chi connectivity index (χ1n) is 26.3. The number of nitrogens with one attached hydrogen (secondary N) is 1. The number of ether oxygens (including phenoxy) is 1. The van der Waals surface area contributed by atoms with E-state index in [0.717, 1.165) is 70.6 Å². The van der Waals surface area contributed by atoms with Crippen LogP contribution in [0.5, 0.6) is 0 Å². The zero-order valence-electron chi connectivity index (χ0n) is 39.9. The Kier molecular flexibility index (Phi) is 48.1. The Labute approximate surface area is 373 Å². The molecule has 6 nitrogen and oxygen atoms in total. The van der Waals surface area contributed by atoms with Crippen LogP contribution in [0.15, 0.2) is 36.5 Å². The molecule has 0 spiro atoms. The minimum absolute atomic E-state index is 0.0297. The number of allylic oxidation sites excluding steroid dienone is 5. The fourth-order valence-corrected chi connectivity index (χ4v) is 7.84. The molecule has 0 aliphatic carbocycles. The number of aliphatic hydroxyl groups excluding tert-OH is 2. The molecule has 2 unspecified atom stereocenters. The predicted octanol–water partition coefficient (Wildman–Crippen LogP) is 15.7. The zero-order valence-corrected chi connectivity index (χ0v) is 39.9. The Hall–Kier alpha value is -1.92. The molecule has 0 bridgehead atoms. The normalized spacial score (nSPS) is 12.9. The first-order chi connectivity index (χ1) is 29.5. The number of rotatable bonds is 48. The van der Waals surface area contributed by atoms with Crippen molar-refractivity contribution in [3.8, 4) is 0 Å². The third-order valence-electron chi connectivity index (χ3n) is 11.9. The average Bonchev–Trinajstić information content (AvgIpc) is 3.25. The Balaban J connectivity index is 3.52. The fourth-order valence-electron chi connectivity index (χ4n) is 7.84. The second kappa shape index (κ2) is 49.7. The summed E-state index contributed by atoms with van der Waals surface area (Å²) in [5, 5.41) is 23.1. The third kappa shape index (κ3) is 45.6. The topological polar surface area (TPSA) is 95.9 Å². The van der Waals surface area contributed by atoms with E-state index in [-0.39, 0.29) is 18.5 Å². The van der Waals surface area contributed by atoms with Crippen LogP contribution in [0, 0.1) is 0 Å². The summed E-state index contributed by atoms with van der Waals surface area (Å²) >= 11 is 0. The van der Waals surface area contributed by atoms with Crippen molar-refractivity contribution in [3.63, 3.8) is 0 Å². The van der Waals surface area contributed by atoms with E-state index in [1.807, 2.05) is 6.08 Å². The van der Waals surface area contributed by atoms with Crippen molar-refractivity contribution in [2.75, 3.05) is 13.2 Å². The van der Waals surface area contributed by atoms with Gasteiger partial charge in [-0.2, -0.15) is 0 Å². The van der Waals surface area contributed by atoms with E-state index in [1.165, 1.54) is 173 Å². The van der Waals surface area contributed by atoms with Crippen molar-refractivity contribution >= 4 is 11.9 Å². The van der Waals surface area contributed by atoms with Crippen LogP contribution >= 0.6 is 0 Å². The number of esters is 1. The monoisotopic (exact) mass is 844 g/mol. The van der Waals surface area contributed by atoms with E-state index in [1.54, 1.807) is 6.08 Å². The van der Waals surface area contributed by atoms with Gasteiger partial charge in [-0.3, -0.25) is 9.59 Å². The highest BCUT2D eigenvalue weighted by atomic mass is 16.5. The molecule has 0 aromatic carbocycles. The Morgan fingerprint density at radius 1 is 0.467 bits per heavy atom. The lowest BCUT2D eigenvalue weighted by atomic mass is 10.0. The average molecular weight is 844 g/mol. The molecule has 0 radical (unpaired) electrons. The van der Waals surface area contributed by atoms with E-state index < -0.39 is 12.1 Å². The lowest BCUT2D eigenvalue weighted by Crippen LogP contribution is -2.45. The largest absolute Gasteiger partial charge is 0.466 e. The molecule has 6 heteroatoms. The van der Waals surface area contributed by atoms with Crippen molar-refractivity contribution in [1.82, 2.24) is 5.32 Å². The van der Waals surface area contributed by atoms with Crippen molar-refractivity contribution in [2.24, 2.45) is 0 Å². The van der Waals surface area contributed by atoms with Gasteiger partial charge < -0.3 is 20.3 Å². The summed E-state index contributed by atoms with van der Waals surface area (Å²) in [6.07, 6.45) is 59.9. The van der Waals surface area contributed by atoms with E-state index in [4.69, 9.17) is 4.74 Å². The molecule has 352 valence electrons. The highest BCUT2D eigenvalue weighted by molar-refractivity contribution is 5.76. The third-order valence-corrected chi connectivity index (χ3v) is 11.9. The van der Waals surface area contributed by atoms with Crippen LogP contribution in [-0.2, 0) is 14.3 Å². The van der Waals surface area contributed by atoms with Gasteiger partial charge in [0, 0.05) is 12.8 Å². The van der Waals surface area contributed by atoms with Gasteiger partial charge in [0.1, 0.15) is 0 Å². The summed E-state index contributed by atoms with van der Waals surface area (Å²) < 4.78 is 5.45. The van der Waals surface area contributed by atoms with Crippen LogP contribution in [0.25, 0.3) is 0 Å². The van der Waals surface area contributed by atoms with E-state index in [9.17, 15) is 19.8 Å². The maximum absolute atomic E-state index is 12.4. The van der Waals surface area contributed by atoms with Crippen LogP contribution in [-0.4, -0.2) is 47.4 Å². The molecule has 0 heterocycles. The van der Waals surface area contributed by atoms with Crippen LogP contribution in [0.2, 0.25) is 0 Å². The maximum atomic E-state index is 12.4. The number of carbonyl (C=O) groups excluding carboxylic acids is 2.